The number of carbonyl (C=O) groups excluding carboxylic acids is 1. The first-order valence-electron chi connectivity index (χ1n) is 5.28. The van der Waals surface area contributed by atoms with Gasteiger partial charge >= 0.3 is 0 Å². The van der Waals surface area contributed by atoms with E-state index < -0.39 is 0 Å². The Morgan fingerprint density at radius 1 is 1.31 bits per heavy atom. The summed E-state index contributed by atoms with van der Waals surface area (Å²) in [5, 5.41) is 2.79. The number of nitrogens with one attached hydrogen (secondary N) is 1. The van der Waals surface area contributed by atoms with Crippen LogP contribution in [0.3, 0.4) is 0 Å². The molecule has 0 radical (unpaired) electrons. The molecule has 1 N–H and O–H groups in total. The zero-order valence-electron chi connectivity index (χ0n) is 9.66. The van der Waals surface area contributed by atoms with Gasteiger partial charge in [0.25, 0.3) is 5.91 Å². The molecule has 0 heterocycles. The van der Waals surface area contributed by atoms with E-state index in [2.05, 4.69) is 10.2 Å². The van der Waals surface area contributed by atoms with Crippen molar-refractivity contribution < 1.29 is 9.18 Å². The topological polar surface area (TPSA) is 32.3 Å². The first-order valence-corrected chi connectivity index (χ1v) is 5.28. The largest absolute Gasteiger partial charge is 0.352 e. The molecule has 1 amide bonds. The Labute approximate surface area is 95.3 Å². The highest BCUT2D eigenvalue weighted by Gasteiger charge is 2.04. The van der Waals surface area contributed by atoms with E-state index in [1.807, 2.05) is 14.1 Å². The lowest BCUT2D eigenvalue weighted by Crippen LogP contribution is -2.27. The Hall–Kier alpha value is -1.42. The van der Waals surface area contributed by atoms with Crippen molar-refractivity contribution in [3.05, 3.63) is 35.6 Å². The highest BCUT2D eigenvalue weighted by atomic mass is 19.1. The third-order valence-electron chi connectivity index (χ3n) is 2.17. The lowest BCUT2D eigenvalue weighted by molar-refractivity contribution is 0.0952. The van der Waals surface area contributed by atoms with E-state index in [4.69, 9.17) is 0 Å². The standard InChI is InChI=1S/C12H17FN2O/c1-15(2)9-3-8-14-12(16)10-4-6-11(13)7-5-10/h4-7H,3,8-9H2,1-2H3,(H,14,16). The van der Waals surface area contributed by atoms with Gasteiger partial charge in [-0.25, -0.2) is 4.39 Å². The SMILES string of the molecule is CN(C)CCCNC(=O)c1ccc(F)cc1. The minimum absolute atomic E-state index is 0.154. The summed E-state index contributed by atoms with van der Waals surface area (Å²) in [5.74, 6) is -0.483. The van der Waals surface area contributed by atoms with Crippen LogP contribution in [-0.2, 0) is 0 Å². The van der Waals surface area contributed by atoms with Crippen molar-refractivity contribution in [2.75, 3.05) is 27.2 Å². The fraction of sp³-hybridized carbons (Fsp3) is 0.417. The van der Waals surface area contributed by atoms with Crippen LogP contribution in [0.5, 0.6) is 0 Å². The van der Waals surface area contributed by atoms with Crippen LogP contribution in [0.2, 0.25) is 0 Å². The van der Waals surface area contributed by atoms with Crippen molar-refractivity contribution >= 4 is 5.91 Å². The maximum absolute atomic E-state index is 12.6. The van der Waals surface area contributed by atoms with Gasteiger partial charge in [0.05, 0.1) is 0 Å². The molecule has 1 aromatic carbocycles. The molecule has 1 aromatic rings. The van der Waals surface area contributed by atoms with Crippen LogP contribution in [0, 0.1) is 5.82 Å². The molecule has 0 bridgehead atoms. The van der Waals surface area contributed by atoms with E-state index in [-0.39, 0.29) is 11.7 Å². The molecule has 0 aliphatic rings. The smallest absolute Gasteiger partial charge is 0.251 e. The predicted molar refractivity (Wildman–Crippen MR) is 61.9 cm³/mol. The molecule has 88 valence electrons. The van der Waals surface area contributed by atoms with Gasteiger partial charge in [0, 0.05) is 12.1 Å². The van der Waals surface area contributed by atoms with Gasteiger partial charge < -0.3 is 10.2 Å². The Balaban J connectivity index is 2.32. The molecule has 1 rings (SSSR count). The van der Waals surface area contributed by atoms with E-state index in [1.54, 1.807) is 0 Å². The molecule has 0 aromatic heterocycles. The highest BCUT2D eigenvalue weighted by Crippen LogP contribution is 2.02. The zero-order chi connectivity index (χ0) is 12.0. The molecule has 0 fully saturated rings. The van der Waals surface area contributed by atoms with E-state index >= 15 is 0 Å². The van der Waals surface area contributed by atoms with Crippen LogP contribution in [0.15, 0.2) is 24.3 Å². The Bertz CT molecular complexity index is 335. The van der Waals surface area contributed by atoms with Crippen LogP contribution < -0.4 is 5.32 Å². The second-order valence-electron chi connectivity index (χ2n) is 3.92. The minimum Gasteiger partial charge on any atom is -0.352 e. The second-order valence-corrected chi connectivity index (χ2v) is 3.92. The Morgan fingerprint density at radius 3 is 2.50 bits per heavy atom. The summed E-state index contributed by atoms with van der Waals surface area (Å²) < 4.78 is 12.6. The summed E-state index contributed by atoms with van der Waals surface area (Å²) in [6, 6.07) is 5.54. The Morgan fingerprint density at radius 2 is 1.94 bits per heavy atom. The van der Waals surface area contributed by atoms with E-state index in [0.29, 0.717) is 12.1 Å². The number of nitrogens with zero attached hydrogens (tertiary/aromatic N) is 1. The number of amides is 1. The number of rotatable bonds is 5. The van der Waals surface area contributed by atoms with Crippen LogP contribution in [-0.4, -0.2) is 38.0 Å². The molecule has 0 spiro atoms. The van der Waals surface area contributed by atoms with Crippen molar-refractivity contribution in [2.45, 2.75) is 6.42 Å². The number of halogens is 1. The fourth-order valence-corrected chi connectivity index (χ4v) is 1.30. The van der Waals surface area contributed by atoms with Crippen molar-refractivity contribution in [2.24, 2.45) is 0 Å². The number of benzene rings is 1. The molecular weight excluding hydrogens is 207 g/mol. The molecule has 3 nitrogen and oxygen atoms in total. The summed E-state index contributed by atoms with van der Waals surface area (Å²) in [6.45, 7) is 1.57. The van der Waals surface area contributed by atoms with Crippen molar-refractivity contribution in [1.29, 1.82) is 0 Å². The molecule has 0 saturated heterocycles. The van der Waals surface area contributed by atoms with E-state index in [9.17, 15) is 9.18 Å². The van der Waals surface area contributed by atoms with Gasteiger partial charge in [-0.1, -0.05) is 0 Å². The number of hydrogen-bond donors (Lipinski definition) is 1. The lowest BCUT2D eigenvalue weighted by Gasteiger charge is -2.09. The maximum atomic E-state index is 12.6. The van der Waals surface area contributed by atoms with Gasteiger partial charge in [-0.15, -0.1) is 0 Å². The van der Waals surface area contributed by atoms with Gasteiger partial charge in [-0.05, 0) is 51.3 Å². The third-order valence-corrected chi connectivity index (χ3v) is 2.17. The number of hydrogen-bond acceptors (Lipinski definition) is 2. The summed E-state index contributed by atoms with van der Waals surface area (Å²) in [5.41, 5.74) is 0.492. The van der Waals surface area contributed by atoms with Crippen molar-refractivity contribution in [3.63, 3.8) is 0 Å². The van der Waals surface area contributed by atoms with Crippen molar-refractivity contribution in [3.8, 4) is 0 Å². The first-order chi connectivity index (χ1) is 7.59. The molecule has 0 unspecified atom stereocenters. The van der Waals surface area contributed by atoms with Gasteiger partial charge in [0.1, 0.15) is 5.82 Å². The third kappa shape index (κ3) is 4.40. The van der Waals surface area contributed by atoms with Gasteiger partial charge in [0.2, 0.25) is 0 Å². The van der Waals surface area contributed by atoms with E-state index in [1.165, 1.54) is 24.3 Å². The summed E-state index contributed by atoms with van der Waals surface area (Å²) in [4.78, 5) is 13.6. The van der Waals surface area contributed by atoms with Gasteiger partial charge in [-0.3, -0.25) is 4.79 Å². The highest BCUT2D eigenvalue weighted by molar-refractivity contribution is 5.94. The van der Waals surface area contributed by atoms with Gasteiger partial charge in [0.15, 0.2) is 0 Å². The zero-order valence-corrected chi connectivity index (χ0v) is 9.66. The normalized spacial score (nSPS) is 10.5. The molecule has 0 saturated carbocycles. The summed E-state index contributed by atoms with van der Waals surface area (Å²) in [7, 11) is 3.98. The monoisotopic (exact) mass is 224 g/mol. The Kier molecular flexibility index (Phi) is 4.92. The van der Waals surface area contributed by atoms with Crippen LogP contribution in [0.25, 0.3) is 0 Å². The maximum Gasteiger partial charge on any atom is 0.251 e. The minimum atomic E-state index is -0.329. The average molecular weight is 224 g/mol. The molecule has 16 heavy (non-hydrogen) atoms. The fourth-order valence-electron chi connectivity index (χ4n) is 1.30. The quantitative estimate of drug-likeness (QED) is 0.769. The van der Waals surface area contributed by atoms with E-state index in [0.717, 1.165) is 13.0 Å². The summed E-state index contributed by atoms with van der Waals surface area (Å²) in [6.07, 6.45) is 0.903. The van der Waals surface area contributed by atoms with Gasteiger partial charge in [-0.2, -0.15) is 0 Å². The molecule has 0 aliphatic heterocycles. The molecular formula is C12H17FN2O. The van der Waals surface area contributed by atoms with Crippen molar-refractivity contribution in [1.82, 2.24) is 10.2 Å². The average Bonchev–Trinajstić information content (AvgIpc) is 2.25. The number of carbonyl (C=O) groups is 1. The predicted octanol–water partition coefficient (Wildman–Crippen LogP) is 1.51. The van der Waals surface area contributed by atoms with Crippen LogP contribution >= 0.6 is 0 Å². The summed E-state index contributed by atoms with van der Waals surface area (Å²) >= 11 is 0. The lowest BCUT2D eigenvalue weighted by atomic mass is 10.2. The van der Waals surface area contributed by atoms with Crippen LogP contribution in [0.1, 0.15) is 16.8 Å². The first kappa shape index (κ1) is 12.6. The second kappa shape index (κ2) is 6.23. The molecule has 4 heteroatoms. The molecule has 0 atom stereocenters. The molecule has 0 aliphatic carbocycles. The van der Waals surface area contributed by atoms with Crippen LogP contribution in [0.4, 0.5) is 4.39 Å².